The van der Waals surface area contributed by atoms with E-state index >= 15 is 0 Å². The third-order valence-corrected chi connectivity index (χ3v) is 2.15. The molecule has 2 rings (SSSR count). The van der Waals surface area contributed by atoms with Crippen LogP contribution < -0.4 is 10.1 Å². The van der Waals surface area contributed by atoms with Gasteiger partial charge in [-0.15, -0.1) is 5.10 Å². The summed E-state index contributed by atoms with van der Waals surface area (Å²) in [5.41, 5.74) is 1.10. The third-order valence-electron chi connectivity index (χ3n) is 2.15. The largest absolute Gasteiger partial charge is 0.480 e. The van der Waals surface area contributed by atoms with Gasteiger partial charge in [0.2, 0.25) is 5.88 Å². The van der Waals surface area contributed by atoms with Crippen molar-refractivity contribution < 1.29 is 9.47 Å². The summed E-state index contributed by atoms with van der Waals surface area (Å²) in [6, 6.07) is 1.89. The van der Waals surface area contributed by atoms with E-state index in [9.17, 15) is 0 Å². The molecule has 5 heteroatoms. The minimum absolute atomic E-state index is 0.676. The van der Waals surface area contributed by atoms with Gasteiger partial charge in [-0.3, -0.25) is 4.68 Å². The molecule has 1 aliphatic heterocycles. The molecule has 2 heterocycles. The van der Waals surface area contributed by atoms with E-state index in [1.807, 2.05) is 20.0 Å². The van der Waals surface area contributed by atoms with Crippen LogP contribution in [0.4, 0.5) is 0 Å². The van der Waals surface area contributed by atoms with Gasteiger partial charge in [0.25, 0.3) is 0 Å². The van der Waals surface area contributed by atoms with Gasteiger partial charge in [0, 0.05) is 31.9 Å². The van der Waals surface area contributed by atoms with Gasteiger partial charge < -0.3 is 14.8 Å². The Morgan fingerprint density at radius 3 is 2.33 bits per heavy atom. The molecule has 0 saturated carbocycles. The van der Waals surface area contributed by atoms with E-state index in [0.717, 1.165) is 32.0 Å². The van der Waals surface area contributed by atoms with Gasteiger partial charge in [-0.05, 0) is 6.92 Å². The molecule has 0 bridgehead atoms. The van der Waals surface area contributed by atoms with E-state index < -0.39 is 0 Å². The Bertz CT molecular complexity index is 251. The number of aromatic nitrogens is 2. The van der Waals surface area contributed by atoms with Crippen LogP contribution in [-0.2, 0) is 11.8 Å². The van der Waals surface area contributed by atoms with Crippen molar-refractivity contribution in [2.24, 2.45) is 7.05 Å². The molecular weight excluding hydrogens is 194 g/mol. The lowest BCUT2D eigenvalue weighted by molar-refractivity contribution is 0.109. The van der Waals surface area contributed by atoms with Crippen molar-refractivity contribution in [1.82, 2.24) is 15.1 Å². The summed E-state index contributed by atoms with van der Waals surface area (Å²) in [4.78, 5) is 0. The maximum absolute atomic E-state index is 5.01. The predicted octanol–water partition coefficient (Wildman–Crippen LogP) is 0.343. The lowest BCUT2D eigenvalue weighted by Crippen LogP contribution is -2.30. The second-order valence-electron chi connectivity index (χ2n) is 3.31. The van der Waals surface area contributed by atoms with Crippen molar-refractivity contribution in [1.29, 1.82) is 0 Å². The second kappa shape index (κ2) is 6.42. The highest BCUT2D eigenvalue weighted by Gasteiger charge is 1.97. The summed E-state index contributed by atoms with van der Waals surface area (Å²) in [7, 11) is 3.50. The Kier molecular flexibility index (Phi) is 5.14. The van der Waals surface area contributed by atoms with E-state index in [0.29, 0.717) is 5.88 Å². The normalized spacial score (nSPS) is 15.4. The summed E-state index contributed by atoms with van der Waals surface area (Å²) in [5.74, 6) is 0.676. The Labute approximate surface area is 90.4 Å². The van der Waals surface area contributed by atoms with Crippen molar-refractivity contribution >= 4 is 0 Å². The molecule has 1 aromatic heterocycles. The first-order valence-corrected chi connectivity index (χ1v) is 5.07. The molecule has 1 fully saturated rings. The molecule has 0 aromatic carbocycles. The maximum Gasteiger partial charge on any atom is 0.232 e. The molecule has 15 heavy (non-hydrogen) atoms. The lowest BCUT2D eigenvalue weighted by Gasteiger charge is -2.10. The number of rotatable bonds is 1. The van der Waals surface area contributed by atoms with Crippen LogP contribution in [0.3, 0.4) is 0 Å². The average molecular weight is 213 g/mol. The molecule has 1 aliphatic rings. The Morgan fingerprint density at radius 2 is 2.13 bits per heavy atom. The topological polar surface area (TPSA) is 48.3 Å². The second-order valence-corrected chi connectivity index (χ2v) is 3.31. The minimum Gasteiger partial charge on any atom is -0.480 e. The number of ether oxygens (including phenoxy) is 2. The van der Waals surface area contributed by atoms with E-state index in [-0.39, 0.29) is 0 Å². The van der Waals surface area contributed by atoms with Gasteiger partial charge in [0.15, 0.2) is 0 Å². The van der Waals surface area contributed by atoms with Crippen molar-refractivity contribution in [3.8, 4) is 5.88 Å². The average Bonchev–Trinajstić information content (AvgIpc) is 2.62. The number of hydrogen-bond acceptors (Lipinski definition) is 4. The summed E-state index contributed by atoms with van der Waals surface area (Å²) < 4.78 is 11.7. The first kappa shape index (κ1) is 12.0. The van der Waals surface area contributed by atoms with Crippen molar-refractivity contribution in [3.05, 3.63) is 11.8 Å². The molecule has 0 amide bonds. The van der Waals surface area contributed by atoms with Gasteiger partial charge in [0.1, 0.15) is 0 Å². The summed E-state index contributed by atoms with van der Waals surface area (Å²) in [5, 5.41) is 7.18. The first-order valence-electron chi connectivity index (χ1n) is 5.07. The van der Waals surface area contributed by atoms with Crippen LogP contribution in [-0.4, -0.2) is 43.2 Å². The van der Waals surface area contributed by atoms with Crippen LogP contribution in [0, 0.1) is 6.92 Å². The van der Waals surface area contributed by atoms with Crippen LogP contribution >= 0.6 is 0 Å². The molecule has 0 spiro atoms. The minimum atomic E-state index is 0.676. The first-order chi connectivity index (χ1) is 7.24. The smallest absolute Gasteiger partial charge is 0.232 e. The monoisotopic (exact) mass is 213 g/mol. The van der Waals surface area contributed by atoms with Crippen LogP contribution in [0.25, 0.3) is 0 Å². The molecule has 0 aliphatic carbocycles. The summed E-state index contributed by atoms with van der Waals surface area (Å²) in [6.45, 7) is 5.82. The molecule has 1 N–H and O–H groups in total. The van der Waals surface area contributed by atoms with E-state index in [1.54, 1.807) is 11.8 Å². The zero-order valence-corrected chi connectivity index (χ0v) is 9.62. The quantitative estimate of drug-likeness (QED) is 0.731. The van der Waals surface area contributed by atoms with Crippen molar-refractivity contribution in [2.45, 2.75) is 6.92 Å². The predicted molar refractivity (Wildman–Crippen MR) is 58.2 cm³/mol. The Balaban J connectivity index is 0.000000162. The number of nitrogens with one attached hydrogen (secondary N) is 1. The standard InChI is InChI=1S/C6H10N2O.C4H9NO/c1-5-4-6(9-3)7-8(5)2;1-3-6-4-2-5-1/h4H,1-3H3;5H,1-4H2. The zero-order chi connectivity index (χ0) is 11.1. The van der Waals surface area contributed by atoms with Crippen molar-refractivity contribution in [3.63, 3.8) is 0 Å². The van der Waals surface area contributed by atoms with Gasteiger partial charge in [-0.25, -0.2) is 0 Å². The molecular formula is C10H19N3O2. The Morgan fingerprint density at radius 1 is 1.47 bits per heavy atom. The molecule has 86 valence electrons. The van der Waals surface area contributed by atoms with E-state index in [2.05, 4.69) is 10.4 Å². The molecule has 0 atom stereocenters. The molecule has 5 nitrogen and oxygen atoms in total. The number of nitrogens with zero attached hydrogens (tertiary/aromatic N) is 2. The van der Waals surface area contributed by atoms with Crippen LogP contribution in [0.5, 0.6) is 5.88 Å². The molecule has 1 aromatic rings. The van der Waals surface area contributed by atoms with Gasteiger partial charge in [-0.1, -0.05) is 0 Å². The maximum atomic E-state index is 5.01. The number of hydrogen-bond donors (Lipinski definition) is 1. The number of aryl methyl sites for hydroxylation is 2. The highest BCUT2D eigenvalue weighted by molar-refractivity contribution is 5.13. The molecule has 0 unspecified atom stereocenters. The molecule has 0 radical (unpaired) electrons. The zero-order valence-electron chi connectivity index (χ0n) is 9.62. The summed E-state index contributed by atoms with van der Waals surface area (Å²) >= 11 is 0. The van der Waals surface area contributed by atoms with E-state index in [4.69, 9.17) is 9.47 Å². The number of methoxy groups -OCH3 is 1. The lowest BCUT2D eigenvalue weighted by atomic mass is 10.5. The van der Waals surface area contributed by atoms with Gasteiger partial charge >= 0.3 is 0 Å². The fraction of sp³-hybridized carbons (Fsp3) is 0.700. The van der Waals surface area contributed by atoms with Crippen molar-refractivity contribution in [2.75, 3.05) is 33.4 Å². The van der Waals surface area contributed by atoms with Gasteiger partial charge in [0.05, 0.1) is 20.3 Å². The fourth-order valence-electron chi connectivity index (χ4n) is 1.14. The Hall–Kier alpha value is -1.07. The highest BCUT2D eigenvalue weighted by atomic mass is 16.5. The van der Waals surface area contributed by atoms with E-state index in [1.165, 1.54) is 0 Å². The highest BCUT2D eigenvalue weighted by Crippen LogP contribution is 2.07. The van der Waals surface area contributed by atoms with Crippen LogP contribution in [0.1, 0.15) is 5.69 Å². The SMILES string of the molecule is C1COCCN1.COc1cc(C)n(C)n1. The third kappa shape index (κ3) is 4.31. The van der Waals surface area contributed by atoms with Crippen LogP contribution in [0.2, 0.25) is 0 Å². The molecule has 1 saturated heterocycles. The van der Waals surface area contributed by atoms with Crippen LogP contribution in [0.15, 0.2) is 6.07 Å². The summed E-state index contributed by atoms with van der Waals surface area (Å²) in [6.07, 6.45) is 0. The number of morpholine rings is 1. The fourth-order valence-corrected chi connectivity index (χ4v) is 1.14. The van der Waals surface area contributed by atoms with Gasteiger partial charge in [-0.2, -0.15) is 0 Å².